The maximum atomic E-state index is 8.25. The summed E-state index contributed by atoms with van der Waals surface area (Å²) in [6.45, 7) is -2.00. The SMILES string of the molecule is O=C[O-].O=C[O-].O=C[O-].O=C[O-].[Fe+2].[Fe+2]. The molecule has 0 atom stereocenters. The van der Waals surface area contributed by atoms with Crippen LogP contribution in [0.2, 0.25) is 0 Å². The molecule has 0 aromatic rings. The molecule has 0 aromatic carbocycles. The van der Waals surface area contributed by atoms with Crippen molar-refractivity contribution in [1.29, 1.82) is 0 Å². The van der Waals surface area contributed by atoms with Crippen molar-refractivity contribution in [3.8, 4) is 0 Å². The quantitative estimate of drug-likeness (QED) is 0.314. The van der Waals surface area contributed by atoms with E-state index in [1.54, 1.807) is 0 Å². The normalized spacial score (nSPS) is 3.43. The van der Waals surface area contributed by atoms with E-state index in [4.69, 9.17) is 39.6 Å². The third-order valence-corrected chi connectivity index (χ3v) is 0. The first-order valence-electron chi connectivity index (χ1n) is 1.89. The molecule has 0 aliphatic heterocycles. The molecule has 0 amide bonds. The van der Waals surface area contributed by atoms with Crippen LogP contribution in [0.25, 0.3) is 0 Å². The maximum absolute atomic E-state index is 8.25. The fourth-order valence-electron chi connectivity index (χ4n) is 0. The molecule has 0 radical (unpaired) electrons. The Morgan fingerprint density at radius 2 is 0.500 bits per heavy atom. The van der Waals surface area contributed by atoms with Gasteiger partial charge in [-0.05, 0) is 0 Å². The summed E-state index contributed by atoms with van der Waals surface area (Å²) in [7, 11) is 0. The van der Waals surface area contributed by atoms with E-state index in [1.807, 2.05) is 0 Å². The van der Waals surface area contributed by atoms with Gasteiger partial charge < -0.3 is 39.6 Å². The second kappa shape index (κ2) is 167. The van der Waals surface area contributed by atoms with Crippen LogP contribution in [0.15, 0.2) is 0 Å². The van der Waals surface area contributed by atoms with Crippen LogP contribution in [0.3, 0.4) is 0 Å². The van der Waals surface area contributed by atoms with Crippen molar-refractivity contribution in [3.05, 3.63) is 0 Å². The summed E-state index contributed by atoms with van der Waals surface area (Å²) in [6, 6.07) is 0. The molecule has 0 rings (SSSR count). The van der Waals surface area contributed by atoms with Gasteiger partial charge in [0.2, 0.25) is 0 Å². The van der Waals surface area contributed by atoms with Crippen LogP contribution in [0, 0.1) is 0 Å². The zero-order valence-electron chi connectivity index (χ0n) is 6.28. The van der Waals surface area contributed by atoms with Crippen LogP contribution in [-0.4, -0.2) is 25.9 Å². The number of hydrogen-bond acceptors (Lipinski definition) is 8. The third-order valence-electron chi connectivity index (χ3n) is 0. The zero-order valence-corrected chi connectivity index (χ0v) is 8.49. The minimum atomic E-state index is -0.500. The number of carboxylic acid groups (broad SMARTS) is 4. The molecular formula is C4H4Fe2O8. The molecule has 0 aliphatic rings. The van der Waals surface area contributed by atoms with Gasteiger partial charge in [-0.15, -0.1) is 0 Å². The van der Waals surface area contributed by atoms with Crippen LogP contribution in [0.5, 0.6) is 0 Å². The van der Waals surface area contributed by atoms with E-state index in [0.717, 1.165) is 0 Å². The van der Waals surface area contributed by atoms with Crippen molar-refractivity contribution in [1.82, 2.24) is 0 Å². The number of carbonyl (C=O) groups excluding carboxylic acids is 4. The number of carbonyl (C=O) groups is 4. The second-order valence-corrected chi connectivity index (χ2v) is 0.385. The Kier molecular flexibility index (Phi) is 457. The molecule has 0 N–H and O–H groups in total. The molecule has 0 heterocycles. The van der Waals surface area contributed by atoms with E-state index >= 15 is 0 Å². The van der Waals surface area contributed by atoms with Gasteiger partial charge in [0.25, 0.3) is 0 Å². The molecule has 0 saturated heterocycles. The first kappa shape index (κ1) is 38.3. The van der Waals surface area contributed by atoms with E-state index in [9.17, 15) is 0 Å². The molecule has 84 valence electrons. The molecule has 10 heteroatoms. The van der Waals surface area contributed by atoms with E-state index in [-0.39, 0.29) is 34.1 Å². The molecule has 0 saturated carbocycles. The molecular weight excluding hydrogens is 288 g/mol. The van der Waals surface area contributed by atoms with Gasteiger partial charge in [-0.2, -0.15) is 0 Å². The molecule has 0 spiro atoms. The Morgan fingerprint density at radius 3 is 0.500 bits per heavy atom. The standard InChI is InChI=1S/4CH2O2.2Fe/c4*2-1-3;;/h4*1H,(H,2,3);;/q;;;;2*+2/p-4. The first-order chi connectivity index (χ1) is 5.66. The molecule has 0 aliphatic carbocycles. The number of rotatable bonds is 0. The van der Waals surface area contributed by atoms with E-state index in [0.29, 0.717) is 0 Å². The van der Waals surface area contributed by atoms with Gasteiger partial charge in [-0.1, -0.05) is 0 Å². The predicted octanol–water partition coefficient (Wildman–Crippen LogP) is -6.54. The van der Waals surface area contributed by atoms with Crippen molar-refractivity contribution >= 4 is 25.9 Å². The predicted molar refractivity (Wildman–Crippen MR) is 24.3 cm³/mol. The Balaban J connectivity index is -0.0000000145. The van der Waals surface area contributed by atoms with Crippen molar-refractivity contribution in [2.45, 2.75) is 0 Å². The number of hydrogen-bond donors (Lipinski definition) is 0. The van der Waals surface area contributed by atoms with Crippen molar-refractivity contribution in [2.24, 2.45) is 0 Å². The Bertz CT molecular complexity index is 73.3. The van der Waals surface area contributed by atoms with E-state index in [2.05, 4.69) is 0 Å². The molecule has 0 unspecified atom stereocenters. The van der Waals surface area contributed by atoms with Gasteiger partial charge in [0.15, 0.2) is 0 Å². The van der Waals surface area contributed by atoms with E-state index < -0.39 is 25.9 Å². The summed E-state index contributed by atoms with van der Waals surface area (Å²) in [6.07, 6.45) is 0. The van der Waals surface area contributed by atoms with Crippen LogP contribution >= 0.6 is 0 Å². The molecule has 14 heavy (non-hydrogen) atoms. The Morgan fingerprint density at radius 1 is 0.500 bits per heavy atom. The summed E-state index contributed by atoms with van der Waals surface area (Å²) >= 11 is 0. The largest absolute Gasteiger partial charge is 2.00 e. The van der Waals surface area contributed by atoms with Gasteiger partial charge in [0.1, 0.15) is 0 Å². The minimum absolute atomic E-state index is 0. The summed E-state index contributed by atoms with van der Waals surface area (Å²) in [5.74, 6) is 0. The van der Waals surface area contributed by atoms with Crippen LogP contribution < -0.4 is 20.4 Å². The van der Waals surface area contributed by atoms with Crippen molar-refractivity contribution in [2.75, 3.05) is 0 Å². The second-order valence-electron chi connectivity index (χ2n) is 0.385. The van der Waals surface area contributed by atoms with Crippen LogP contribution in [-0.2, 0) is 53.3 Å². The fourth-order valence-corrected chi connectivity index (χ4v) is 0. The van der Waals surface area contributed by atoms with Gasteiger partial charge in [-0.3, -0.25) is 0 Å². The Labute approximate surface area is 99.9 Å². The zero-order chi connectivity index (χ0) is 10.8. The van der Waals surface area contributed by atoms with Crippen molar-refractivity contribution in [3.63, 3.8) is 0 Å². The topological polar surface area (TPSA) is 161 Å². The molecule has 0 fully saturated rings. The van der Waals surface area contributed by atoms with Crippen LogP contribution in [0.1, 0.15) is 0 Å². The van der Waals surface area contributed by atoms with Gasteiger partial charge in [0, 0.05) is 25.9 Å². The Hall–Kier alpha value is -1.08. The maximum Gasteiger partial charge on any atom is 2.00 e. The van der Waals surface area contributed by atoms with Gasteiger partial charge in [0.05, 0.1) is 0 Å². The average Bonchev–Trinajstić information content (AvgIpc) is 1.92. The molecule has 0 aromatic heterocycles. The van der Waals surface area contributed by atoms with Crippen LogP contribution in [0.4, 0.5) is 0 Å². The summed E-state index contributed by atoms with van der Waals surface area (Å²) in [5.41, 5.74) is 0. The molecule has 0 bridgehead atoms. The third kappa shape index (κ3) is 919. The van der Waals surface area contributed by atoms with Gasteiger partial charge >= 0.3 is 34.1 Å². The van der Waals surface area contributed by atoms with Crippen molar-refractivity contribution < 1.29 is 73.7 Å². The molecule has 8 nitrogen and oxygen atoms in total. The smallest absolute Gasteiger partial charge is 0.554 e. The monoisotopic (exact) mass is 292 g/mol. The first-order valence-corrected chi connectivity index (χ1v) is 1.89. The summed E-state index contributed by atoms with van der Waals surface area (Å²) in [4.78, 5) is 33.0. The fraction of sp³-hybridized carbons (Fsp3) is 0. The summed E-state index contributed by atoms with van der Waals surface area (Å²) < 4.78 is 0. The van der Waals surface area contributed by atoms with E-state index in [1.165, 1.54) is 0 Å². The minimum Gasteiger partial charge on any atom is -0.554 e. The summed E-state index contributed by atoms with van der Waals surface area (Å²) in [5, 5.41) is 33.0. The van der Waals surface area contributed by atoms with Gasteiger partial charge in [-0.25, -0.2) is 0 Å². The average molecular weight is 292 g/mol.